The fourth-order valence-electron chi connectivity index (χ4n) is 2.59. The van der Waals surface area contributed by atoms with E-state index in [0.29, 0.717) is 6.10 Å². The standard InChI is InChI=1S/C15H26N2O2S/c1-3-6-13-14(11-18)20-15(16-13)17-8-5-7-12(10-17)19-9-4-2/h12,18H,3-11H2,1-2H3. The van der Waals surface area contributed by atoms with Crippen molar-refractivity contribution in [3.63, 3.8) is 0 Å². The molecular formula is C15H26N2O2S. The van der Waals surface area contributed by atoms with Gasteiger partial charge in [0.1, 0.15) is 0 Å². The second-order valence-corrected chi connectivity index (χ2v) is 6.42. The van der Waals surface area contributed by atoms with Crippen molar-refractivity contribution in [3.8, 4) is 0 Å². The highest BCUT2D eigenvalue weighted by Crippen LogP contribution is 2.29. The fourth-order valence-corrected chi connectivity index (χ4v) is 3.59. The summed E-state index contributed by atoms with van der Waals surface area (Å²) in [5, 5.41) is 10.5. The van der Waals surface area contributed by atoms with Crippen molar-refractivity contribution < 1.29 is 9.84 Å². The summed E-state index contributed by atoms with van der Waals surface area (Å²) in [5.41, 5.74) is 1.08. The third-order valence-electron chi connectivity index (χ3n) is 3.60. The third-order valence-corrected chi connectivity index (χ3v) is 4.75. The van der Waals surface area contributed by atoms with Crippen LogP contribution < -0.4 is 4.90 Å². The molecule has 1 saturated heterocycles. The molecule has 2 rings (SSSR count). The smallest absolute Gasteiger partial charge is 0.185 e. The SMILES string of the molecule is CCCOC1CCCN(c2nc(CCC)c(CO)s2)C1. The number of aliphatic hydroxyl groups excluding tert-OH is 1. The number of thiazole rings is 1. The van der Waals surface area contributed by atoms with Gasteiger partial charge in [0.25, 0.3) is 0 Å². The molecule has 1 fully saturated rings. The molecular weight excluding hydrogens is 272 g/mol. The molecule has 114 valence electrons. The largest absolute Gasteiger partial charge is 0.391 e. The van der Waals surface area contributed by atoms with Gasteiger partial charge in [-0.05, 0) is 25.7 Å². The summed E-state index contributed by atoms with van der Waals surface area (Å²) in [7, 11) is 0. The van der Waals surface area contributed by atoms with Crippen LogP contribution in [-0.2, 0) is 17.8 Å². The molecule has 1 aromatic rings. The van der Waals surface area contributed by atoms with E-state index in [-0.39, 0.29) is 6.61 Å². The van der Waals surface area contributed by atoms with Gasteiger partial charge < -0.3 is 14.7 Å². The third kappa shape index (κ3) is 3.93. The minimum atomic E-state index is 0.108. The second-order valence-electron chi connectivity index (χ2n) is 5.36. The van der Waals surface area contributed by atoms with Gasteiger partial charge in [0, 0.05) is 19.7 Å². The van der Waals surface area contributed by atoms with Crippen LogP contribution in [-0.4, -0.2) is 35.9 Å². The molecule has 0 aromatic carbocycles. The van der Waals surface area contributed by atoms with Gasteiger partial charge in [0.2, 0.25) is 0 Å². The number of hydrogen-bond donors (Lipinski definition) is 1. The van der Waals surface area contributed by atoms with Gasteiger partial charge in [-0.3, -0.25) is 0 Å². The number of aromatic nitrogens is 1. The first-order valence-electron chi connectivity index (χ1n) is 7.74. The molecule has 20 heavy (non-hydrogen) atoms. The van der Waals surface area contributed by atoms with Crippen LogP contribution in [0.2, 0.25) is 0 Å². The molecule has 1 N–H and O–H groups in total. The van der Waals surface area contributed by atoms with Crippen molar-refractivity contribution in [1.29, 1.82) is 0 Å². The fraction of sp³-hybridized carbons (Fsp3) is 0.800. The quantitative estimate of drug-likeness (QED) is 0.840. The topological polar surface area (TPSA) is 45.6 Å². The zero-order chi connectivity index (χ0) is 14.4. The summed E-state index contributed by atoms with van der Waals surface area (Å²) in [6, 6.07) is 0. The molecule has 2 heterocycles. The van der Waals surface area contributed by atoms with Gasteiger partial charge >= 0.3 is 0 Å². The van der Waals surface area contributed by atoms with Crippen LogP contribution in [0, 0.1) is 0 Å². The van der Waals surface area contributed by atoms with Gasteiger partial charge in [-0.1, -0.05) is 31.6 Å². The van der Waals surface area contributed by atoms with Crippen molar-refractivity contribution >= 4 is 16.5 Å². The lowest BCUT2D eigenvalue weighted by Gasteiger charge is -2.32. The first kappa shape index (κ1) is 15.7. The van der Waals surface area contributed by atoms with Crippen LogP contribution in [0.25, 0.3) is 0 Å². The summed E-state index contributed by atoms with van der Waals surface area (Å²) in [5.74, 6) is 0. The molecule has 4 nitrogen and oxygen atoms in total. The van der Waals surface area contributed by atoms with Gasteiger partial charge in [0.05, 0.1) is 23.3 Å². The van der Waals surface area contributed by atoms with E-state index in [4.69, 9.17) is 9.72 Å². The normalized spacial score (nSPS) is 19.6. The van der Waals surface area contributed by atoms with Gasteiger partial charge in [-0.15, -0.1) is 0 Å². The first-order chi connectivity index (χ1) is 9.78. The second kappa shape index (κ2) is 7.96. The Labute approximate surface area is 125 Å². The molecule has 1 aromatic heterocycles. The van der Waals surface area contributed by atoms with Crippen LogP contribution in [0.3, 0.4) is 0 Å². The summed E-state index contributed by atoms with van der Waals surface area (Å²) in [6.45, 7) is 7.23. The number of rotatable bonds is 7. The highest BCUT2D eigenvalue weighted by Gasteiger charge is 2.23. The summed E-state index contributed by atoms with van der Waals surface area (Å²) in [6.07, 6.45) is 5.74. The molecule has 1 aliphatic rings. The number of hydrogen-bond acceptors (Lipinski definition) is 5. The zero-order valence-electron chi connectivity index (χ0n) is 12.6. The van der Waals surface area contributed by atoms with Crippen LogP contribution in [0.4, 0.5) is 5.13 Å². The highest BCUT2D eigenvalue weighted by atomic mass is 32.1. The monoisotopic (exact) mass is 298 g/mol. The summed E-state index contributed by atoms with van der Waals surface area (Å²) >= 11 is 1.64. The van der Waals surface area contributed by atoms with E-state index in [2.05, 4.69) is 18.7 Å². The molecule has 1 atom stereocenters. The Balaban J connectivity index is 2.02. The number of anilines is 1. The maximum absolute atomic E-state index is 9.45. The van der Waals surface area contributed by atoms with Crippen molar-refractivity contribution in [2.75, 3.05) is 24.6 Å². The Morgan fingerprint density at radius 3 is 2.95 bits per heavy atom. The number of aliphatic hydroxyl groups is 1. The van der Waals surface area contributed by atoms with E-state index in [0.717, 1.165) is 67.5 Å². The maximum atomic E-state index is 9.45. The average Bonchev–Trinajstić information content (AvgIpc) is 2.89. The molecule has 0 radical (unpaired) electrons. The Bertz CT molecular complexity index is 409. The van der Waals surface area contributed by atoms with Crippen molar-refractivity contribution in [2.24, 2.45) is 0 Å². The molecule has 0 bridgehead atoms. The Morgan fingerprint density at radius 1 is 1.40 bits per heavy atom. The van der Waals surface area contributed by atoms with E-state index in [1.807, 2.05) is 0 Å². The van der Waals surface area contributed by atoms with Gasteiger partial charge in [-0.25, -0.2) is 4.98 Å². The maximum Gasteiger partial charge on any atom is 0.185 e. The average molecular weight is 298 g/mol. The van der Waals surface area contributed by atoms with E-state index >= 15 is 0 Å². The number of nitrogens with zero attached hydrogens (tertiary/aromatic N) is 2. The molecule has 0 amide bonds. The van der Waals surface area contributed by atoms with Crippen molar-refractivity contribution in [3.05, 3.63) is 10.6 Å². The molecule has 1 unspecified atom stereocenters. The Morgan fingerprint density at radius 2 is 2.25 bits per heavy atom. The molecule has 5 heteroatoms. The van der Waals surface area contributed by atoms with Crippen molar-refractivity contribution in [1.82, 2.24) is 4.98 Å². The van der Waals surface area contributed by atoms with Crippen molar-refractivity contribution in [2.45, 2.75) is 58.7 Å². The lowest BCUT2D eigenvalue weighted by atomic mass is 10.1. The molecule has 0 aliphatic carbocycles. The number of piperidine rings is 1. The number of aryl methyl sites for hydroxylation is 1. The first-order valence-corrected chi connectivity index (χ1v) is 8.56. The van der Waals surface area contributed by atoms with Crippen LogP contribution in [0.5, 0.6) is 0 Å². The zero-order valence-corrected chi connectivity index (χ0v) is 13.4. The minimum Gasteiger partial charge on any atom is -0.391 e. The van der Waals surface area contributed by atoms with Crippen LogP contribution in [0.15, 0.2) is 0 Å². The van der Waals surface area contributed by atoms with Gasteiger partial charge in [-0.2, -0.15) is 0 Å². The predicted molar refractivity (Wildman–Crippen MR) is 83.5 cm³/mol. The lowest BCUT2D eigenvalue weighted by Crippen LogP contribution is -2.39. The van der Waals surface area contributed by atoms with Gasteiger partial charge in [0.15, 0.2) is 5.13 Å². The van der Waals surface area contributed by atoms with E-state index in [9.17, 15) is 5.11 Å². The highest BCUT2D eigenvalue weighted by molar-refractivity contribution is 7.15. The minimum absolute atomic E-state index is 0.108. The number of ether oxygens (including phenoxy) is 1. The Hall–Kier alpha value is -0.650. The summed E-state index contributed by atoms with van der Waals surface area (Å²) in [4.78, 5) is 8.09. The Kier molecular flexibility index (Phi) is 6.26. The van der Waals surface area contributed by atoms with E-state index in [1.54, 1.807) is 11.3 Å². The molecule has 1 aliphatic heterocycles. The predicted octanol–water partition coefficient (Wildman–Crippen LogP) is 2.98. The summed E-state index contributed by atoms with van der Waals surface area (Å²) < 4.78 is 5.88. The van der Waals surface area contributed by atoms with E-state index < -0.39 is 0 Å². The lowest BCUT2D eigenvalue weighted by molar-refractivity contribution is 0.0440. The molecule has 0 spiro atoms. The van der Waals surface area contributed by atoms with Crippen LogP contribution >= 0.6 is 11.3 Å². The molecule has 0 saturated carbocycles. The van der Waals surface area contributed by atoms with E-state index in [1.165, 1.54) is 0 Å². The van der Waals surface area contributed by atoms with Crippen LogP contribution in [0.1, 0.15) is 50.1 Å².